The smallest absolute Gasteiger partial charge is 0.337 e. The predicted octanol–water partition coefficient (Wildman–Crippen LogP) is 1.62. The summed E-state index contributed by atoms with van der Waals surface area (Å²) in [6.07, 6.45) is 2.84. The molecule has 3 rings (SSSR count). The van der Waals surface area contributed by atoms with Crippen molar-refractivity contribution < 1.29 is 9.90 Å². The highest BCUT2D eigenvalue weighted by Gasteiger charge is 2.12. The molecule has 0 aliphatic rings. The van der Waals surface area contributed by atoms with Crippen molar-refractivity contribution in [2.45, 2.75) is 0 Å². The molecule has 0 saturated carbocycles. The van der Waals surface area contributed by atoms with Crippen molar-refractivity contribution in [3.05, 3.63) is 52.7 Å². The van der Waals surface area contributed by atoms with E-state index in [2.05, 4.69) is 15.0 Å². The molecular weight excluding hydrogens is 246 g/mol. The first kappa shape index (κ1) is 11.2. The molecule has 0 radical (unpaired) electrons. The molecule has 0 aliphatic carbocycles. The number of nitrogens with one attached hydrogen (secondary N) is 2. The molecule has 0 atom stereocenters. The van der Waals surface area contributed by atoms with Crippen LogP contribution in [0.15, 0.2) is 41.5 Å². The summed E-state index contributed by atoms with van der Waals surface area (Å²) in [4.78, 5) is 31.4. The fraction of sp³-hybridized carbons (Fsp3) is 0. The average Bonchev–Trinajstić information content (AvgIpc) is 2.77. The second kappa shape index (κ2) is 4.09. The van der Waals surface area contributed by atoms with Crippen molar-refractivity contribution >= 4 is 17.0 Å². The Hall–Kier alpha value is -2.89. The summed E-state index contributed by atoms with van der Waals surface area (Å²) in [5.74, 6) is -1.04. The molecule has 0 unspecified atom stereocenters. The first-order valence-electron chi connectivity index (χ1n) is 5.55. The SMILES string of the molecule is O=C(O)c1cnccc1-c1ccc2[nH]c(=O)[nH]c2c1. The molecule has 0 amide bonds. The van der Waals surface area contributed by atoms with Crippen LogP contribution < -0.4 is 5.69 Å². The lowest BCUT2D eigenvalue weighted by Crippen LogP contribution is -2.00. The van der Waals surface area contributed by atoms with Gasteiger partial charge < -0.3 is 15.1 Å². The standard InChI is InChI=1S/C13H9N3O3/c17-12(18)9-6-14-4-3-8(9)7-1-2-10-11(5-7)16-13(19)15-10/h1-6H,(H,17,18)(H2,15,16,19). The molecule has 6 heteroatoms. The van der Waals surface area contributed by atoms with Crippen LogP contribution in [0.2, 0.25) is 0 Å². The highest BCUT2D eigenvalue weighted by molar-refractivity contribution is 5.96. The van der Waals surface area contributed by atoms with Crippen LogP contribution in [0.3, 0.4) is 0 Å². The van der Waals surface area contributed by atoms with E-state index in [1.807, 2.05) is 0 Å². The van der Waals surface area contributed by atoms with Gasteiger partial charge in [-0.3, -0.25) is 4.98 Å². The number of rotatable bonds is 2. The number of carboxylic acid groups (broad SMARTS) is 1. The minimum absolute atomic E-state index is 0.125. The Morgan fingerprint density at radius 3 is 2.74 bits per heavy atom. The van der Waals surface area contributed by atoms with Crippen molar-refractivity contribution in [2.24, 2.45) is 0 Å². The zero-order valence-corrected chi connectivity index (χ0v) is 9.68. The predicted molar refractivity (Wildman–Crippen MR) is 69.1 cm³/mol. The zero-order valence-electron chi connectivity index (χ0n) is 9.68. The second-order valence-electron chi connectivity index (χ2n) is 4.07. The topological polar surface area (TPSA) is 98.8 Å². The third-order valence-electron chi connectivity index (χ3n) is 2.88. The van der Waals surface area contributed by atoms with Crippen LogP contribution in [0.25, 0.3) is 22.2 Å². The highest BCUT2D eigenvalue weighted by Crippen LogP contribution is 2.25. The van der Waals surface area contributed by atoms with E-state index in [0.29, 0.717) is 22.2 Å². The van der Waals surface area contributed by atoms with Crippen LogP contribution in [-0.4, -0.2) is 26.0 Å². The number of aromatic amines is 2. The number of hydrogen-bond acceptors (Lipinski definition) is 3. The number of H-pyrrole nitrogens is 2. The summed E-state index contributed by atoms with van der Waals surface area (Å²) in [7, 11) is 0. The van der Waals surface area contributed by atoms with E-state index in [1.165, 1.54) is 12.4 Å². The fourth-order valence-electron chi connectivity index (χ4n) is 2.02. The Labute approximate surface area is 106 Å². The van der Waals surface area contributed by atoms with Crippen molar-refractivity contribution in [3.8, 4) is 11.1 Å². The number of benzene rings is 1. The Morgan fingerprint density at radius 2 is 1.95 bits per heavy atom. The number of aromatic nitrogens is 3. The van der Waals surface area contributed by atoms with E-state index in [0.717, 1.165) is 0 Å². The lowest BCUT2D eigenvalue weighted by atomic mass is 10.0. The average molecular weight is 255 g/mol. The van der Waals surface area contributed by atoms with Gasteiger partial charge in [-0.2, -0.15) is 0 Å². The van der Waals surface area contributed by atoms with Crippen LogP contribution >= 0.6 is 0 Å². The summed E-state index contributed by atoms with van der Waals surface area (Å²) in [5.41, 5.74) is 2.42. The van der Waals surface area contributed by atoms with Gasteiger partial charge in [0.05, 0.1) is 16.6 Å². The molecule has 19 heavy (non-hydrogen) atoms. The number of carboxylic acids is 1. The van der Waals surface area contributed by atoms with Crippen LogP contribution in [0.1, 0.15) is 10.4 Å². The molecule has 0 fully saturated rings. The maximum atomic E-state index is 11.2. The number of carbonyl (C=O) groups is 1. The lowest BCUT2D eigenvalue weighted by molar-refractivity contribution is 0.0697. The Morgan fingerprint density at radius 1 is 1.16 bits per heavy atom. The molecule has 6 nitrogen and oxygen atoms in total. The number of pyridine rings is 1. The Kier molecular flexibility index (Phi) is 2.42. The molecule has 1 aromatic carbocycles. The van der Waals surface area contributed by atoms with E-state index in [9.17, 15) is 9.59 Å². The van der Waals surface area contributed by atoms with Crippen LogP contribution in [0.4, 0.5) is 0 Å². The normalized spacial score (nSPS) is 10.7. The maximum absolute atomic E-state index is 11.2. The van der Waals surface area contributed by atoms with Crippen molar-refractivity contribution in [1.29, 1.82) is 0 Å². The summed E-state index contributed by atoms with van der Waals surface area (Å²) in [6.45, 7) is 0. The van der Waals surface area contributed by atoms with Gasteiger partial charge in [0.25, 0.3) is 0 Å². The maximum Gasteiger partial charge on any atom is 0.337 e. The van der Waals surface area contributed by atoms with E-state index >= 15 is 0 Å². The van der Waals surface area contributed by atoms with Gasteiger partial charge >= 0.3 is 11.7 Å². The summed E-state index contributed by atoms with van der Waals surface area (Å²) >= 11 is 0. The molecule has 3 aromatic rings. The zero-order chi connectivity index (χ0) is 13.4. The number of aromatic carboxylic acids is 1. The molecule has 0 spiro atoms. The molecule has 2 heterocycles. The van der Waals surface area contributed by atoms with Gasteiger partial charge in [-0.25, -0.2) is 9.59 Å². The summed E-state index contributed by atoms with van der Waals surface area (Å²) in [5, 5.41) is 9.14. The quantitative estimate of drug-likeness (QED) is 0.647. The molecule has 0 bridgehead atoms. The van der Waals surface area contributed by atoms with Crippen molar-refractivity contribution in [1.82, 2.24) is 15.0 Å². The summed E-state index contributed by atoms with van der Waals surface area (Å²) in [6, 6.07) is 6.85. The third kappa shape index (κ3) is 1.89. The first-order chi connectivity index (χ1) is 9.15. The number of fused-ring (bicyclic) bond motifs is 1. The summed E-state index contributed by atoms with van der Waals surface area (Å²) < 4.78 is 0. The van der Waals surface area contributed by atoms with Crippen LogP contribution in [0.5, 0.6) is 0 Å². The molecule has 2 aromatic heterocycles. The van der Waals surface area contributed by atoms with E-state index in [-0.39, 0.29) is 11.3 Å². The minimum atomic E-state index is -1.04. The van der Waals surface area contributed by atoms with Gasteiger partial charge in [-0.1, -0.05) is 6.07 Å². The first-order valence-corrected chi connectivity index (χ1v) is 5.55. The Balaban J connectivity index is 2.24. The van der Waals surface area contributed by atoms with E-state index < -0.39 is 5.97 Å². The largest absolute Gasteiger partial charge is 0.478 e. The third-order valence-corrected chi connectivity index (χ3v) is 2.88. The van der Waals surface area contributed by atoms with Gasteiger partial charge in [-0.05, 0) is 29.3 Å². The van der Waals surface area contributed by atoms with Crippen molar-refractivity contribution in [2.75, 3.05) is 0 Å². The van der Waals surface area contributed by atoms with Gasteiger partial charge in [0, 0.05) is 12.4 Å². The second-order valence-corrected chi connectivity index (χ2v) is 4.07. The molecular formula is C13H9N3O3. The number of imidazole rings is 1. The monoisotopic (exact) mass is 255 g/mol. The number of hydrogen-bond donors (Lipinski definition) is 3. The number of nitrogens with zero attached hydrogens (tertiary/aromatic N) is 1. The molecule has 0 aliphatic heterocycles. The molecule has 3 N–H and O–H groups in total. The molecule has 94 valence electrons. The van der Waals surface area contributed by atoms with E-state index in [1.54, 1.807) is 24.3 Å². The Bertz CT molecular complexity index is 832. The van der Waals surface area contributed by atoms with Crippen molar-refractivity contribution in [3.63, 3.8) is 0 Å². The van der Waals surface area contributed by atoms with Gasteiger partial charge in [0.1, 0.15) is 0 Å². The highest BCUT2D eigenvalue weighted by atomic mass is 16.4. The molecule has 0 saturated heterocycles. The lowest BCUT2D eigenvalue weighted by Gasteiger charge is -2.05. The fourth-order valence-corrected chi connectivity index (χ4v) is 2.02. The van der Waals surface area contributed by atoms with Crippen LogP contribution in [0, 0.1) is 0 Å². The van der Waals surface area contributed by atoms with Gasteiger partial charge in [0.2, 0.25) is 0 Å². The van der Waals surface area contributed by atoms with Gasteiger partial charge in [-0.15, -0.1) is 0 Å². The van der Waals surface area contributed by atoms with E-state index in [4.69, 9.17) is 5.11 Å². The van der Waals surface area contributed by atoms with Gasteiger partial charge in [0.15, 0.2) is 0 Å². The minimum Gasteiger partial charge on any atom is -0.478 e. The van der Waals surface area contributed by atoms with Crippen LogP contribution in [-0.2, 0) is 0 Å².